The summed E-state index contributed by atoms with van der Waals surface area (Å²) in [5.74, 6) is -0.958. The number of aromatic nitrogens is 1. The maximum Gasteiger partial charge on any atom is 1.00 e. The van der Waals surface area contributed by atoms with Crippen molar-refractivity contribution in [3.8, 4) is 0 Å². The van der Waals surface area contributed by atoms with Gasteiger partial charge >= 0.3 is 35.5 Å². The van der Waals surface area contributed by atoms with E-state index in [1.807, 2.05) is 0 Å². The van der Waals surface area contributed by atoms with Crippen molar-refractivity contribution in [2.45, 2.75) is 0 Å². The van der Waals surface area contributed by atoms with Gasteiger partial charge in [0.15, 0.2) is 0 Å². The zero-order valence-electron chi connectivity index (χ0n) is 5.87. The molecule has 0 aliphatic heterocycles. The van der Waals surface area contributed by atoms with Crippen LogP contribution in [-0.2, 0) is 0 Å². The van der Waals surface area contributed by atoms with Crippen molar-refractivity contribution < 1.29 is 40.9 Å². The van der Waals surface area contributed by atoms with Gasteiger partial charge in [0.1, 0.15) is 0 Å². The van der Waals surface area contributed by atoms with Crippen LogP contribution in [0.4, 0.5) is 0 Å². The van der Waals surface area contributed by atoms with Gasteiger partial charge in [0.25, 0.3) is 0 Å². The number of aromatic carboxylic acids is 1. The van der Waals surface area contributed by atoms with Gasteiger partial charge in [-0.25, -0.2) is 9.78 Å². The number of hydrogen-bond donors (Lipinski definition) is 1. The van der Waals surface area contributed by atoms with E-state index in [2.05, 4.69) is 4.98 Å². The van der Waals surface area contributed by atoms with Gasteiger partial charge in [0, 0.05) is 11.6 Å². The molecular formula is C4H4NNaO2S. The molecule has 9 heavy (non-hydrogen) atoms. The van der Waals surface area contributed by atoms with Crippen LogP contribution >= 0.6 is 11.3 Å². The molecule has 0 fully saturated rings. The monoisotopic (exact) mass is 153 g/mol. The molecular weight excluding hydrogens is 149 g/mol. The summed E-state index contributed by atoms with van der Waals surface area (Å²) in [7, 11) is 0. The molecule has 0 amide bonds. The van der Waals surface area contributed by atoms with Crippen molar-refractivity contribution >= 4 is 17.3 Å². The van der Waals surface area contributed by atoms with E-state index in [0.717, 1.165) is 11.3 Å². The van der Waals surface area contributed by atoms with Crippen molar-refractivity contribution in [2.75, 3.05) is 0 Å². The number of carboxylic acid groups (broad SMARTS) is 1. The normalized spacial score (nSPS) is 8.00. The van der Waals surface area contributed by atoms with Crippen LogP contribution in [0.2, 0.25) is 0 Å². The Hall–Kier alpha value is 0.1000. The van der Waals surface area contributed by atoms with Crippen LogP contribution in [0.15, 0.2) is 11.6 Å². The number of rotatable bonds is 1. The second-order valence-corrected chi connectivity index (χ2v) is 2.04. The van der Waals surface area contributed by atoms with E-state index in [1.54, 1.807) is 5.38 Å². The molecule has 0 aliphatic carbocycles. The molecule has 0 radical (unpaired) electrons. The van der Waals surface area contributed by atoms with Crippen molar-refractivity contribution in [2.24, 2.45) is 0 Å². The molecule has 0 aromatic carbocycles. The molecule has 1 heterocycles. The average Bonchev–Trinajstić information content (AvgIpc) is 2.12. The number of hydrogen-bond acceptors (Lipinski definition) is 3. The first-order chi connectivity index (χ1) is 3.80. The summed E-state index contributed by atoms with van der Waals surface area (Å²) < 4.78 is 0. The molecule has 1 aromatic rings. The fourth-order valence-electron chi connectivity index (χ4n) is 0.329. The first-order valence-electron chi connectivity index (χ1n) is 1.93. The molecule has 1 rings (SSSR count). The predicted octanol–water partition coefficient (Wildman–Crippen LogP) is -2.04. The van der Waals surface area contributed by atoms with Crippen molar-refractivity contribution in [1.29, 1.82) is 0 Å². The molecule has 0 atom stereocenters. The van der Waals surface area contributed by atoms with Gasteiger partial charge in [0.2, 0.25) is 5.01 Å². The minimum absolute atomic E-state index is 0. The maximum absolute atomic E-state index is 10.0. The Labute approximate surface area is 79.5 Å². The molecule has 1 N–H and O–H groups in total. The minimum atomic E-state index is -0.958. The summed E-state index contributed by atoms with van der Waals surface area (Å²) in [6.07, 6.45) is 1.47. The van der Waals surface area contributed by atoms with Gasteiger partial charge in [-0.1, -0.05) is 0 Å². The van der Waals surface area contributed by atoms with E-state index in [9.17, 15) is 4.79 Å². The van der Waals surface area contributed by atoms with Gasteiger partial charge in [-0.15, -0.1) is 11.3 Å². The molecule has 0 spiro atoms. The molecule has 0 bridgehead atoms. The summed E-state index contributed by atoms with van der Waals surface area (Å²) in [5, 5.41) is 9.99. The van der Waals surface area contributed by atoms with Crippen molar-refractivity contribution in [3.63, 3.8) is 0 Å². The molecule has 0 aliphatic rings. The third kappa shape index (κ3) is 2.45. The van der Waals surface area contributed by atoms with Crippen LogP contribution in [0.3, 0.4) is 0 Å². The Morgan fingerprint density at radius 3 is 2.78 bits per heavy atom. The largest absolute Gasteiger partial charge is 1.00 e. The van der Waals surface area contributed by atoms with Gasteiger partial charge in [-0.2, -0.15) is 0 Å². The van der Waals surface area contributed by atoms with Crippen molar-refractivity contribution in [1.82, 2.24) is 4.98 Å². The summed E-state index contributed by atoms with van der Waals surface area (Å²) in [6.45, 7) is 0. The molecule has 3 nitrogen and oxygen atoms in total. The molecule has 0 saturated heterocycles. The predicted molar refractivity (Wildman–Crippen MR) is 30.2 cm³/mol. The van der Waals surface area contributed by atoms with Gasteiger partial charge < -0.3 is 6.53 Å². The zero-order valence-corrected chi connectivity index (χ0v) is 7.68. The summed E-state index contributed by atoms with van der Waals surface area (Å²) >= 11 is 1.12. The summed E-state index contributed by atoms with van der Waals surface area (Å²) in [5.41, 5.74) is 0. The van der Waals surface area contributed by atoms with Gasteiger partial charge in [-0.05, 0) is 0 Å². The third-order valence-corrected chi connectivity index (χ3v) is 1.38. The summed E-state index contributed by atoms with van der Waals surface area (Å²) in [4.78, 5) is 13.5. The van der Waals surface area contributed by atoms with Gasteiger partial charge in [-0.3, -0.25) is 0 Å². The van der Waals surface area contributed by atoms with Crippen LogP contribution in [0, 0.1) is 0 Å². The molecule has 0 saturated carbocycles. The van der Waals surface area contributed by atoms with Crippen LogP contribution in [-0.4, -0.2) is 16.1 Å². The van der Waals surface area contributed by atoms with Crippen LogP contribution in [0.25, 0.3) is 0 Å². The van der Waals surface area contributed by atoms with Crippen LogP contribution in [0.1, 0.15) is 11.2 Å². The Morgan fingerprint density at radius 2 is 2.56 bits per heavy atom. The Morgan fingerprint density at radius 1 is 1.89 bits per heavy atom. The van der Waals surface area contributed by atoms with Crippen molar-refractivity contribution in [3.05, 3.63) is 16.6 Å². The van der Waals surface area contributed by atoms with E-state index in [-0.39, 0.29) is 36.0 Å². The van der Waals surface area contributed by atoms with E-state index in [1.165, 1.54) is 6.20 Å². The number of thiazole rings is 1. The molecule has 44 valence electrons. The van der Waals surface area contributed by atoms with Crippen LogP contribution in [0.5, 0.6) is 0 Å². The Bertz CT molecular complexity index is 191. The standard InChI is InChI=1S/C4H3NO2S.Na.H/c6-4(7)3-5-1-2-8-3;;/h1-2H,(H,6,7);;/q;+1;-1. The fourth-order valence-corrected chi connectivity index (χ4v) is 0.802. The third-order valence-electron chi connectivity index (χ3n) is 0.615. The average molecular weight is 153 g/mol. The zero-order chi connectivity index (χ0) is 5.98. The minimum Gasteiger partial charge on any atom is -1.00 e. The van der Waals surface area contributed by atoms with Gasteiger partial charge in [0.05, 0.1) is 0 Å². The number of nitrogens with zero attached hydrogens (tertiary/aromatic N) is 1. The molecule has 1 aromatic heterocycles. The molecule has 5 heteroatoms. The summed E-state index contributed by atoms with van der Waals surface area (Å²) in [6, 6.07) is 0. The number of carbonyl (C=O) groups is 1. The fraction of sp³-hybridized carbons (Fsp3) is 0. The number of carboxylic acids is 1. The Kier molecular flexibility index (Phi) is 4.05. The topological polar surface area (TPSA) is 50.2 Å². The molecule has 0 unspecified atom stereocenters. The first kappa shape index (κ1) is 9.10. The SMILES string of the molecule is O=C(O)c1nccs1.[H-].[Na+]. The smallest absolute Gasteiger partial charge is 1.00 e. The van der Waals surface area contributed by atoms with Crippen LogP contribution < -0.4 is 29.6 Å². The van der Waals surface area contributed by atoms with E-state index >= 15 is 0 Å². The quantitative estimate of drug-likeness (QED) is 0.473. The maximum atomic E-state index is 10.0. The Balaban J connectivity index is 0. The second-order valence-electron chi connectivity index (χ2n) is 1.14. The van der Waals surface area contributed by atoms with E-state index < -0.39 is 5.97 Å². The first-order valence-corrected chi connectivity index (χ1v) is 2.81. The van der Waals surface area contributed by atoms with E-state index in [0.29, 0.717) is 0 Å². The van der Waals surface area contributed by atoms with E-state index in [4.69, 9.17) is 5.11 Å². The second kappa shape index (κ2) is 4.00.